The summed E-state index contributed by atoms with van der Waals surface area (Å²) in [5.41, 5.74) is 2.14. The zero-order valence-electron chi connectivity index (χ0n) is 24.4. The van der Waals surface area contributed by atoms with Gasteiger partial charge in [0.15, 0.2) is 21.3 Å². The largest absolute Gasteiger partial charge is 0.504 e. The highest BCUT2D eigenvalue weighted by molar-refractivity contribution is 7.90. The highest BCUT2D eigenvalue weighted by Gasteiger charge is 2.28. The summed E-state index contributed by atoms with van der Waals surface area (Å²) < 4.78 is 33.8. The zero-order chi connectivity index (χ0) is 30.1. The van der Waals surface area contributed by atoms with Crippen molar-refractivity contribution in [3.8, 4) is 11.5 Å². The maximum absolute atomic E-state index is 13.9. The Bertz CT molecular complexity index is 1790. The number of fused-ring (bicyclic) bond motifs is 1. The number of sulfone groups is 1. The molecule has 0 unspecified atom stereocenters. The average Bonchev–Trinajstić information content (AvgIpc) is 3.52. The minimum atomic E-state index is -4.06. The number of methoxy groups -OCH3 is 1. The first-order valence-electron chi connectivity index (χ1n) is 14.5. The molecule has 0 atom stereocenters. The van der Waals surface area contributed by atoms with Crippen LogP contribution in [0.3, 0.4) is 0 Å². The lowest BCUT2D eigenvalue weighted by atomic mass is 10.2. The van der Waals surface area contributed by atoms with Gasteiger partial charge in [0.25, 0.3) is 5.56 Å². The summed E-state index contributed by atoms with van der Waals surface area (Å²) in [5, 5.41) is 13.9. The number of aromatic hydroxyl groups is 1. The number of likely N-dealkylation sites (N-methyl/N-ethyl adjacent to an activating group) is 1. The van der Waals surface area contributed by atoms with Gasteiger partial charge >= 0.3 is 0 Å². The number of nitrogens with zero attached hydrogens (tertiary/aromatic N) is 5. The fourth-order valence-electron chi connectivity index (χ4n) is 5.95. The van der Waals surface area contributed by atoms with Crippen molar-refractivity contribution in [1.82, 2.24) is 19.4 Å². The molecule has 1 aliphatic carbocycles. The van der Waals surface area contributed by atoms with Gasteiger partial charge in [-0.15, -0.1) is 0 Å². The lowest BCUT2D eigenvalue weighted by Crippen LogP contribution is -2.44. The SMILES string of the molecule is COc1ccc(CS(=O)(=O)c2cc3cnc(Nc4ccc(N5CCN(C)CC5)cc4)nc3n(C3CCCC3)c2=O)cc1O. The molecule has 6 rings (SSSR count). The van der Waals surface area contributed by atoms with Gasteiger partial charge in [0.05, 0.1) is 12.9 Å². The van der Waals surface area contributed by atoms with Crippen molar-refractivity contribution in [2.45, 2.75) is 42.4 Å². The second-order valence-corrected chi connectivity index (χ2v) is 13.3. The lowest BCUT2D eigenvalue weighted by molar-refractivity contribution is 0.313. The first-order chi connectivity index (χ1) is 20.7. The molecule has 0 amide bonds. The van der Waals surface area contributed by atoms with Crippen LogP contribution in [0.4, 0.5) is 17.3 Å². The second kappa shape index (κ2) is 11.8. The minimum Gasteiger partial charge on any atom is -0.504 e. The Morgan fingerprint density at radius 2 is 1.74 bits per heavy atom. The van der Waals surface area contributed by atoms with Crippen molar-refractivity contribution < 1.29 is 18.3 Å². The first kappa shape index (κ1) is 28.9. The lowest BCUT2D eigenvalue weighted by Gasteiger charge is -2.34. The highest BCUT2D eigenvalue weighted by atomic mass is 32.2. The third-order valence-electron chi connectivity index (χ3n) is 8.36. The third kappa shape index (κ3) is 6.02. The van der Waals surface area contributed by atoms with Gasteiger partial charge in [0.2, 0.25) is 5.95 Å². The molecule has 1 aliphatic heterocycles. The van der Waals surface area contributed by atoms with Crippen LogP contribution in [0.25, 0.3) is 11.0 Å². The Balaban J connectivity index is 1.32. The molecular weight excluding hydrogens is 568 g/mol. The van der Waals surface area contributed by atoms with E-state index in [1.54, 1.807) is 16.8 Å². The highest BCUT2D eigenvalue weighted by Crippen LogP contribution is 2.32. The van der Waals surface area contributed by atoms with Gasteiger partial charge < -0.3 is 25.0 Å². The molecule has 226 valence electrons. The van der Waals surface area contributed by atoms with Crippen LogP contribution in [-0.2, 0) is 15.6 Å². The average molecular weight is 605 g/mol. The van der Waals surface area contributed by atoms with E-state index < -0.39 is 21.1 Å². The number of pyridine rings is 1. The summed E-state index contributed by atoms with van der Waals surface area (Å²) in [6.45, 7) is 4.02. The number of ether oxygens (including phenoxy) is 1. The Hall–Kier alpha value is -4.16. The van der Waals surface area contributed by atoms with E-state index in [1.807, 2.05) is 12.1 Å². The zero-order valence-corrected chi connectivity index (χ0v) is 25.2. The van der Waals surface area contributed by atoms with Crippen molar-refractivity contribution in [2.24, 2.45) is 0 Å². The van der Waals surface area contributed by atoms with Gasteiger partial charge in [-0.1, -0.05) is 18.9 Å². The van der Waals surface area contributed by atoms with Crippen molar-refractivity contribution in [1.29, 1.82) is 0 Å². The van der Waals surface area contributed by atoms with Crippen LogP contribution in [0.1, 0.15) is 37.3 Å². The number of aromatic nitrogens is 3. The topological polar surface area (TPSA) is 130 Å². The van der Waals surface area contributed by atoms with Crippen molar-refractivity contribution in [3.63, 3.8) is 0 Å². The smallest absolute Gasteiger partial charge is 0.271 e. The van der Waals surface area contributed by atoms with Crippen molar-refractivity contribution in [2.75, 3.05) is 50.6 Å². The van der Waals surface area contributed by atoms with Gasteiger partial charge in [-0.05, 0) is 67.9 Å². The monoisotopic (exact) mass is 604 g/mol. The summed E-state index contributed by atoms with van der Waals surface area (Å²) in [4.78, 5) is 27.4. The van der Waals surface area contributed by atoms with E-state index in [1.165, 1.54) is 25.3 Å². The van der Waals surface area contributed by atoms with Crippen LogP contribution in [0, 0.1) is 0 Å². The van der Waals surface area contributed by atoms with Crippen LogP contribution in [0.15, 0.2) is 64.4 Å². The molecular formula is C31H36N6O5S. The summed E-state index contributed by atoms with van der Waals surface area (Å²) in [5.74, 6) is -0.0432. The summed E-state index contributed by atoms with van der Waals surface area (Å²) in [6, 6.07) is 13.7. The Morgan fingerprint density at radius 3 is 2.42 bits per heavy atom. The molecule has 1 saturated carbocycles. The number of rotatable bonds is 8. The molecule has 0 spiro atoms. The van der Waals surface area contributed by atoms with E-state index in [-0.39, 0.29) is 22.4 Å². The molecule has 2 N–H and O–H groups in total. The van der Waals surface area contributed by atoms with Crippen LogP contribution < -0.4 is 20.5 Å². The number of piperazine rings is 1. The number of hydrogen-bond donors (Lipinski definition) is 2. The Kier molecular flexibility index (Phi) is 7.97. The molecule has 2 aromatic heterocycles. The fraction of sp³-hybridized carbons (Fsp3) is 0.387. The fourth-order valence-corrected chi connectivity index (χ4v) is 7.40. The predicted molar refractivity (Wildman–Crippen MR) is 166 cm³/mol. The van der Waals surface area contributed by atoms with Gasteiger partial charge in [0.1, 0.15) is 10.5 Å². The van der Waals surface area contributed by atoms with Gasteiger partial charge in [-0.3, -0.25) is 9.36 Å². The molecule has 43 heavy (non-hydrogen) atoms. The summed E-state index contributed by atoms with van der Waals surface area (Å²) in [6.07, 6.45) is 5.01. The Morgan fingerprint density at radius 1 is 1.02 bits per heavy atom. The van der Waals surface area contributed by atoms with Gasteiger partial charge in [0, 0.05) is 55.2 Å². The van der Waals surface area contributed by atoms with Crippen LogP contribution in [-0.4, -0.2) is 73.3 Å². The van der Waals surface area contributed by atoms with Gasteiger partial charge in [-0.2, -0.15) is 4.98 Å². The first-order valence-corrected chi connectivity index (χ1v) is 16.2. The molecule has 3 heterocycles. The molecule has 1 saturated heterocycles. The van der Waals surface area contributed by atoms with E-state index in [9.17, 15) is 18.3 Å². The van der Waals surface area contributed by atoms with Crippen LogP contribution >= 0.6 is 0 Å². The quantitative estimate of drug-likeness (QED) is 0.303. The second-order valence-electron chi connectivity index (χ2n) is 11.3. The van der Waals surface area contributed by atoms with Gasteiger partial charge in [-0.25, -0.2) is 13.4 Å². The molecule has 2 fully saturated rings. The number of phenolic OH excluding ortho intramolecular Hbond substituents is 1. The molecule has 12 heteroatoms. The molecule has 11 nitrogen and oxygen atoms in total. The summed E-state index contributed by atoms with van der Waals surface area (Å²) >= 11 is 0. The predicted octanol–water partition coefficient (Wildman–Crippen LogP) is 4.09. The minimum absolute atomic E-state index is 0.152. The van der Waals surface area contributed by atoms with Crippen molar-refractivity contribution >= 4 is 38.2 Å². The number of benzene rings is 2. The Labute approximate surface area is 250 Å². The number of hydrogen-bond acceptors (Lipinski definition) is 10. The number of phenols is 1. The van der Waals surface area contributed by atoms with Crippen LogP contribution in [0.2, 0.25) is 0 Å². The molecule has 2 aliphatic rings. The van der Waals surface area contributed by atoms with E-state index in [2.05, 4.69) is 39.3 Å². The number of anilines is 3. The maximum Gasteiger partial charge on any atom is 0.271 e. The third-order valence-corrected chi connectivity index (χ3v) is 10.0. The number of nitrogens with one attached hydrogen (secondary N) is 1. The normalized spacial score (nSPS) is 16.6. The van der Waals surface area contributed by atoms with Crippen LogP contribution in [0.5, 0.6) is 11.5 Å². The molecule has 0 radical (unpaired) electrons. The molecule has 0 bridgehead atoms. The maximum atomic E-state index is 13.9. The van der Waals surface area contributed by atoms with E-state index in [4.69, 9.17) is 9.72 Å². The van der Waals surface area contributed by atoms with Crippen molar-refractivity contribution in [3.05, 3.63) is 70.6 Å². The molecule has 4 aromatic rings. The standard InChI is InChI=1S/C31H36N6O5S/c1-35-13-15-36(16-14-35)24-10-8-23(9-11-24)33-31-32-19-22-18-28(30(39)37(29(22)34-31)25-5-3-4-6-25)43(40,41)20-21-7-12-27(42-2)26(38)17-21/h7-12,17-19,25,38H,3-6,13-16,20H2,1-2H3,(H,32,33,34). The van der Waals surface area contributed by atoms with E-state index in [0.29, 0.717) is 22.5 Å². The molecule has 2 aromatic carbocycles. The summed E-state index contributed by atoms with van der Waals surface area (Å²) in [7, 11) is -0.512. The van der Waals surface area contributed by atoms with E-state index >= 15 is 0 Å². The van der Waals surface area contributed by atoms with E-state index in [0.717, 1.165) is 63.2 Å².